The molecule has 0 aromatic heterocycles. The number of phenolic OH excluding ortho intramolecular Hbond substituents is 1. The van der Waals surface area contributed by atoms with Gasteiger partial charge in [0, 0.05) is 11.9 Å². The van der Waals surface area contributed by atoms with Crippen molar-refractivity contribution in [2.45, 2.75) is 58.8 Å². The van der Waals surface area contributed by atoms with Crippen molar-refractivity contribution < 1.29 is 14.6 Å². The number of aryl methyl sites for hydroxylation is 2. The second-order valence-corrected chi connectivity index (χ2v) is 9.41. The van der Waals surface area contributed by atoms with Crippen LogP contribution in [0.1, 0.15) is 65.6 Å². The van der Waals surface area contributed by atoms with Gasteiger partial charge in [-0.05, 0) is 61.3 Å². The molecule has 1 saturated carbocycles. The van der Waals surface area contributed by atoms with Crippen LogP contribution in [0.15, 0.2) is 48.5 Å². The summed E-state index contributed by atoms with van der Waals surface area (Å²) in [5.41, 5.74) is 3.87. The molecule has 3 aromatic rings. The van der Waals surface area contributed by atoms with Gasteiger partial charge in [-0.3, -0.25) is 4.79 Å². The van der Waals surface area contributed by atoms with E-state index in [0.717, 1.165) is 28.5 Å². The molecule has 1 fully saturated rings. The normalized spacial score (nSPS) is 14.4. The first-order chi connectivity index (χ1) is 16.0. The fourth-order valence-electron chi connectivity index (χ4n) is 4.99. The van der Waals surface area contributed by atoms with Crippen molar-refractivity contribution in [2.75, 3.05) is 13.2 Å². The van der Waals surface area contributed by atoms with E-state index in [9.17, 15) is 9.90 Å². The van der Waals surface area contributed by atoms with Gasteiger partial charge in [0.25, 0.3) is 5.91 Å². The van der Waals surface area contributed by atoms with Crippen LogP contribution in [-0.4, -0.2) is 24.2 Å². The number of benzene rings is 3. The minimum Gasteiger partial charge on any atom is -0.506 e. The number of carbonyl (C=O) groups is 1. The van der Waals surface area contributed by atoms with E-state index in [4.69, 9.17) is 4.74 Å². The number of fused-ring (bicyclic) bond motifs is 1. The van der Waals surface area contributed by atoms with Crippen LogP contribution in [0.5, 0.6) is 11.5 Å². The molecule has 0 saturated heterocycles. The van der Waals surface area contributed by atoms with Crippen LogP contribution in [0.25, 0.3) is 10.8 Å². The molecule has 4 heteroatoms. The average Bonchev–Trinajstić information content (AvgIpc) is 2.82. The summed E-state index contributed by atoms with van der Waals surface area (Å²) in [4.78, 5) is 13.0. The monoisotopic (exact) mass is 445 g/mol. The smallest absolute Gasteiger partial charge is 0.255 e. The number of rotatable bonds is 8. The number of nitrogens with one attached hydrogen (secondary N) is 1. The molecule has 2 N–H and O–H groups in total. The average molecular weight is 446 g/mol. The predicted molar refractivity (Wildman–Crippen MR) is 134 cm³/mol. The van der Waals surface area contributed by atoms with Crippen LogP contribution in [0.2, 0.25) is 0 Å². The summed E-state index contributed by atoms with van der Waals surface area (Å²) < 4.78 is 5.86. The molecule has 0 heterocycles. The van der Waals surface area contributed by atoms with E-state index in [2.05, 4.69) is 24.4 Å². The van der Waals surface area contributed by atoms with Crippen LogP contribution < -0.4 is 10.1 Å². The van der Waals surface area contributed by atoms with Crippen LogP contribution >= 0.6 is 0 Å². The molecule has 0 atom stereocenters. The maximum atomic E-state index is 13.0. The van der Waals surface area contributed by atoms with E-state index in [1.807, 2.05) is 43.3 Å². The Hall–Kier alpha value is -3.01. The van der Waals surface area contributed by atoms with Crippen LogP contribution in [0, 0.1) is 19.8 Å². The lowest BCUT2D eigenvalue weighted by molar-refractivity contribution is 0.0949. The van der Waals surface area contributed by atoms with Crippen molar-refractivity contribution in [3.63, 3.8) is 0 Å². The van der Waals surface area contributed by atoms with Gasteiger partial charge in [0.05, 0.1) is 12.2 Å². The Morgan fingerprint density at radius 3 is 2.55 bits per heavy atom. The molecule has 4 rings (SSSR count). The van der Waals surface area contributed by atoms with Crippen molar-refractivity contribution in [1.82, 2.24) is 5.32 Å². The van der Waals surface area contributed by atoms with Gasteiger partial charge >= 0.3 is 0 Å². The molecule has 4 nitrogen and oxygen atoms in total. The molecule has 1 aliphatic rings. The van der Waals surface area contributed by atoms with Gasteiger partial charge in [-0.25, -0.2) is 0 Å². The van der Waals surface area contributed by atoms with Gasteiger partial charge in [0.15, 0.2) is 0 Å². The highest BCUT2D eigenvalue weighted by Crippen LogP contribution is 2.35. The minimum atomic E-state index is -0.227. The third kappa shape index (κ3) is 5.68. The van der Waals surface area contributed by atoms with E-state index in [-0.39, 0.29) is 11.7 Å². The molecule has 33 heavy (non-hydrogen) atoms. The van der Waals surface area contributed by atoms with E-state index >= 15 is 0 Å². The molecule has 0 spiro atoms. The Balaban J connectivity index is 1.41. The number of aromatic hydroxyl groups is 1. The van der Waals surface area contributed by atoms with Gasteiger partial charge in [-0.15, -0.1) is 0 Å². The highest BCUT2D eigenvalue weighted by atomic mass is 16.5. The summed E-state index contributed by atoms with van der Waals surface area (Å²) in [6.07, 6.45) is 8.06. The van der Waals surface area contributed by atoms with Crippen molar-refractivity contribution in [1.29, 1.82) is 0 Å². The molecule has 0 aliphatic heterocycles. The van der Waals surface area contributed by atoms with E-state index in [1.165, 1.54) is 43.2 Å². The fraction of sp³-hybridized carbons (Fsp3) is 0.414. The Labute approximate surface area is 197 Å². The van der Waals surface area contributed by atoms with Crippen molar-refractivity contribution in [3.05, 3.63) is 70.8 Å². The van der Waals surface area contributed by atoms with Crippen LogP contribution in [0.4, 0.5) is 0 Å². The van der Waals surface area contributed by atoms with Gasteiger partial charge in [0.1, 0.15) is 11.5 Å². The molecule has 3 aromatic carbocycles. The van der Waals surface area contributed by atoms with E-state index in [1.54, 1.807) is 0 Å². The molecule has 0 unspecified atom stereocenters. The number of ether oxygens (including phenoxy) is 1. The first-order valence-electron chi connectivity index (χ1n) is 12.2. The molecule has 0 bridgehead atoms. The minimum absolute atomic E-state index is 0.0713. The quantitative estimate of drug-likeness (QED) is 0.390. The molecular weight excluding hydrogens is 410 g/mol. The highest BCUT2D eigenvalue weighted by Gasteiger charge is 2.20. The SMILES string of the molecule is Cc1ccc(OCCCNC(=O)c2cc(CC3CCCCC3)c3ccccc3c2O)c(C)c1. The van der Waals surface area contributed by atoms with Crippen molar-refractivity contribution in [3.8, 4) is 11.5 Å². The summed E-state index contributed by atoms with van der Waals surface area (Å²) in [6, 6.07) is 15.9. The number of amides is 1. The summed E-state index contributed by atoms with van der Waals surface area (Å²) in [5.74, 6) is 1.38. The lowest BCUT2D eigenvalue weighted by Crippen LogP contribution is -2.26. The van der Waals surface area contributed by atoms with Gasteiger partial charge in [0.2, 0.25) is 0 Å². The van der Waals surface area contributed by atoms with Crippen molar-refractivity contribution in [2.24, 2.45) is 5.92 Å². The number of carbonyl (C=O) groups excluding carboxylic acids is 1. The standard InChI is InChI=1S/C29H35NO3/c1-20-13-14-27(21(2)17-20)33-16-8-15-30-29(32)26-19-23(18-22-9-4-3-5-10-22)24-11-6-7-12-25(24)28(26)31/h6-7,11-14,17,19,22,31H,3-5,8-10,15-16,18H2,1-2H3,(H,30,32). The number of phenols is 1. The second-order valence-electron chi connectivity index (χ2n) is 9.41. The molecule has 174 valence electrons. The third-order valence-corrected chi connectivity index (χ3v) is 6.77. The third-order valence-electron chi connectivity index (χ3n) is 6.77. The van der Waals surface area contributed by atoms with Gasteiger partial charge < -0.3 is 15.2 Å². The zero-order valence-electron chi connectivity index (χ0n) is 19.8. The lowest BCUT2D eigenvalue weighted by Gasteiger charge is -2.23. The maximum Gasteiger partial charge on any atom is 0.255 e. The largest absolute Gasteiger partial charge is 0.506 e. The zero-order valence-corrected chi connectivity index (χ0v) is 19.8. The van der Waals surface area contributed by atoms with E-state index in [0.29, 0.717) is 31.1 Å². The maximum absolute atomic E-state index is 13.0. The first kappa shape index (κ1) is 23.2. The molecule has 0 radical (unpaired) electrons. The zero-order chi connectivity index (χ0) is 23.2. The predicted octanol–water partition coefficient (Wildman–Crippen LogP) is 6.48. The Kier molecular flexibility index (Phi) is 7.54. The van der Waals surface area contributed by atoms with E-state index < -0.39 is 0 Å². The number of hydrogen-bond donors (Lipinski definition) is 2. The summed E-state index contributed by atoms with van der Waals surface area (Å²) in [5, 5.41) is 15.6. The first-order valence-corrected chi connectivity index (χ1v) is 12.2. The molecule has 1 amide bonds. The van der Waals surface area contributed by atoms with Crippen LogP contribution in [0.3, 0.4) is 0 Å². The summed E-state index contributed by atoms with van der Waals surface area (Å²) >= 11 is 0. The summed E-state index contributed by atoms with van der Waals surface area (Å²) in [7, 11) is 0. The highest BCUT2D eigenvalue weighted by molar-refractivity contribution is 6.04. The van der Waals surface area contributed by atoms with Crippen molar-refractivity contribution >= 4 is 16.7 Å². The lowest BCUT2D eigenvalue weighted by atomic mass is 9.83. The Morgan fingerprint density at radius 1 is 1.03 bits per heavy atom. The Bertz CT molecular complexity index is 1120. The topological polar surface area (TPSA) is 58.6 Å². The summed E-state index contributed by atoms with van der Waals surface area (Å²) in [6.45, 7) is 5.13. The Morgan fingerprint density at radius 2 is 1.79 bits per heavy atom. The second kappa shape index (κ2) is 10.7. The number of hydrogen-bond acceptors (Lipinski definition) is 3. The molecular formula is C29H35NO3. The molecule has 1 aliphatic carbocycles. The van der Waals surface area contributed by atoms with Gasteiger partial charge in [-0.1, -0.05) is 74.1 Å². The van der Waals surface area contributed by atoms with Crippen LogP contribution in [-0.2, 0) is 6.42 Å². The fourth-order valence-corrected chi connectivity index (χ4v) is 4.99. The van der Waals surface area contributed by atoms with Gasteiger partial charge in [-0.2, -0.15) is 0 Å².